The number of benzene rings is 1. The summed E-state index contributed by atoms with van der Waals surface area (Å²) in [5.74, 6) is -0.183. The molecule has 4 rings (SSSR count). The second-order valence-corrected chi connectivity index (χ2v) is 6.78. The number of hydrogen-bond acceptors (Lipinski definition) is 3. The number of likely N-dealkylation sites (tertiary alicyclic amines) is 1. The highest BCUT2D eigenvalue weighted by atomic mass is 19.4. The number of piperidine rings is 1. The molecule has 3 heterocycles. The van der Waals surface area contributed by atoms with Gasteiger partial charge in [-0.25, -0.2) is 4.98 Å². The quantitative estimate of drug-likeness (QED) is 0.719. The van der Waals surface area contributed by atoms with E-state index in [4.69, 9.17) is 0 Å². The zero-order valence-electron chi connectivity index (χ0n) is 14.9. The summed E-state index contributed by atoms with van der Waals surface area (Å²) in [7, 11) is 0. The number of nitrogens with one attached hydrogen (secondary N) is 1. The molecule has 1 saturated heterocycles. The fourth-order valence-corrected chi connectivity index (χ4v) is 3.69. The Morgan fingerprint density at radius 3 is 2.54 bits per heavy atom. The van der Waals surface area contributed by atoms with E-state index in [1.807, 2.05) is 18.3 Å². The Hall–Kier alpha value is -3.03. The van der Waals surface area contributed by atoms with Crippen LogP contribution in [-0.4, -0.2) is 40.2 Å². The third-order valence-electron chi connectivity index (χ3n) is 5.04. The number of rotatable bonds is 3. The fourth-order valence-electron chi connectivity index (χ4n) is 3.69. The van der Waals surface area contributed by atoms with Gasteiger partial charge in [-0.1, -0.05) is 0 Å². The van der Waals surface area contributed by atoms with Gasteiger partial charge in [-0.15, -0.1) is 13.2 Å². The lowest BCUT2D eigenvalue weighted by molar-refractivity contribution is -0.274. The smallest absolute Gasteiger partial charge is 0.406 e. The van der Waals surface area contributed by atoms with Crippen molar-refractivity contribution in [1.82, 2.24) is 14.9 Å². The molecule has 5 nitrogen and oxygen atoms in total. The lowest BCUT2D eigenvalue weighted by atomic mass is 9.89. The van der Waals surface area contributed by atoms with Gasteiger partial charge >= 0.3 is 6.36 Å². The van der Waals surface area contributed by atoms with Crippen molar-refractivity contribution >= 4 is 16.9 Å². The molecular formula is C20H18F3N3O2. The van der Waals surface area contributed by atoms with Crippen LogP contribution in [0.3, 0.4) is 0 Å². The molecule has 0 saturated carbocycles. The fraction of sp³-hybridized carbons (Fsp3) is 0.300. The molecule has 0 radical (unpaired) electrons. The molecule has 1 aliphatic heterocycles. The van der Waals surface area contributed by atoms with Gasteiger partial charge in [-0.3, -0.25) is 4.79 Å². The van der Waals surface area contributed by atoms with Gasteiger partial charge in [0.2, 0.25) is 0 Å². The Morgan fingerprint density at radius 1 is 1.14 bits per heavy atom. The van der Waals surface area contributed by atoms with Gasteiger partial charge < -0.3 is 14.6 Å². The normalized spacial score (nSPS) is 15.8. The van der Waals surface area contributed by atoms with Gasteiger partial charge in [0.1, 0.15) is 11.4 Å². The number of halogens is 3. The van der Waals surface area contributed by atoms with Gasteiger partial charge in [0.05, 0.1) is 0 Å². The molecule has 0 bridgehead atoms. The third-order valence-corrected chi connectivity index (χ3v) is 5.04. The summed E-state index contributed by atoms with van der Waals surface area (Å²) in [5.41, 5.74) is 2.42. The van der Waals surface area contributed by atoms with E-state index in [0.29, 0.717) is 24.6 Å². The number of alkyl halides is 3. The molecule has 1 aromatic carbocycles. The van der Waals surface area contributed by atoms with E-state index in [2.05, 4.69) is 14.7 Å². The zero-order chi connectivity index (χ0) is 19.7. The summed E-state index contributed by atoms with van der Waals surface area (Å²) in [6, 6.07) is 8.99. The van der Waals surface area contributed by atoms with Gasteiger partial charge in [-0.05, 0) is 60.7 Å². The van der Waals surface area contributed by atoms with Crippen molar-refractivity contribution in [2.45, 2.75) is 25.1 Å². The Morgan fingerprint density at radius 2 is 1.86 bits per heavy atom. The van der Waals surface area contributed by atoms with Crippen LogP contribution in [-0.2, 0) is 0 Å². The number of ether oxygens (including phenoxy) is 1. The van der Waals surface area contributed by atoms with Crippen LogP contribution in [0.2, 0.25) is 0 Å². The lowest BCUT2D eigenvalue weighted by Crippen LogP contribution is -2.37. The van der Waals surface area contributed by atoms with Crippen molar-refractivity contribution in [2.75, 3.05) is 13.1 Å². The summed E-state index contributed by atoms with van der Waals surface area (Å²) in [5, 5.41) is 1.10. The number of pyridine rings is 1. The second-order valence-electron chi connectivity index (χ2n) is 6.78. The molecule has 8 heteroatoms. The number of aromatic amines is 1. The van der Waals surface area contributed by atoms with Crippen molar-refractivity contribution in [1.29, 1.82) is 0 Å². The maximum atomic E-state index is 12.6. The number of carbonyl (C=O) groups excluding carboxylic acids is 1. The first-order chi connectivity index (χ1) is 13.4. The van der Waals surface area contributed by atoms with Crippen molar-refractivity contribution in [3.8, 4) is 5.75 Å². The first-order valence-corrected chi connectivity index (χ1v) is 8.98. The first-order valence-electron chi connectivity index (χ1n) is 8.98. The summed E-state index contributed by atoms with van der Waals surface area (Å²) in [4.78, 5) is 21.9. The molecule has 1 amide bonds. The van der Waals surface area contributed by atoms with E-state index in [9.17, 15) is 18.0 Å². The number of H-pyrrole nitrogens is 1. The monoisotopic (exact) mass is 389 g/mol. The van der Waals surface area contributed by atoms with E-state index in [-0.39, 0.29) is 11.7 Å². The highest BCUT2D eigenvalue weighted by molar-refractivity contribution is 5.94. The first kappa shape index (κ1) is 18.3. The number of nitrogens with zero attached hydrogens (tertiary/aromatic N) is 2. The predicted molar refractivity (Wildman–Crippen MR) is 97.1 cm³/mol. The second kappa shape index (κ2) is 7.18. The van der Waals surface area contributed by atoms with Crippen molar-refractivity contribution in [3.63, 3.8) is 0 Å². The predicted octanol–water partition coefficient (Wildman–Crippen LogP) is 4.48. The van der Waals surface area contributed by atoms with Crippen LogP contribution < -0.4 is 4.74 Å². The van der Waals surface area contributed by atoms with Crippen LogP contribution >= 0.6 is 0 Å². The molecule has 28 heavy (non-hydrogen) atoms. The van der Waals surface area contributed by atoms with Gasteiger partial charge in [-0.2, -0.15) is 0 Å². The third kappa shape index (κ3) is 3.81. The molecule has 0 spiro atoms. The highest BCUT2D eigenvalue weighted by Crippen LogP contribution is 2.33. The molecule has 1 fully saturated rings. The number of fused-ring (bicyclic) bond motifs is 1. The Bertz CT molecular complexity index is 974. The van der Waals surface area contributed by atoms with E-state index >= 15 is 0 Å². The van der Waals surface area contributed by atoms with E-state index in [0.717, 1.165) is 36.0 Å². The standard InChI is InChI=1S/C20H18F3N3O2/c21-20(22,23)28-15-5-3-14(4-6-15)19(27)26-10-7-13(8-11-26)17-12-25-18-16(17)2-1-9-24-18/h1-6,9,12-13H,7-8,10-11H2,(H,24,25). The molecular weight excluding hydrogens is 371 g/mol. The molecule has 0 unspecified atom stereocenters. The Balaban J connectivity index is 1.40. The summed E-state index contributed by atoms with van der Waals surface area (Å²) < 4.78 is 40.6. The van der Waals surface area contributed by atoms with Crippen LogP contribution in [0.5, 0.6) is 5.75 Å². The molecule has 146 valence electrons. The van der Waals surface area contributed by atoms with Gasteiger partial charge in [0.15, 0.2) is 0 Å². The minimum absolute atomic E-state index is 0.183. The Labute approximate surface area is 159 Å². The Kier molecular flexibility index (Phi) is 4.70. The largest absolute Gasteiger partial charge is 0.573 e. The van der Waals surface area contributed by atoms with E-state index < -0.39 is 6.36 Å². The minimum atomic E-state index is -4.74. The number of aromatic nitrogens is 2. The molecule has 0 atom stereocenters. The van der Waals surface area contributed by atoms with Crippen molar-refractivity contribution < 1.29 is 22.7 Å². The SMILES string of the molecule is O=C(c1ccc(OC(F)(F)F)cc1)N1CCC(c2c[nH]c3ncccc23)CC1. The lowest BCUT2D eigenvalue weighted by Gasteiger charge is -2.32. The molecule has 1 aliphatic rings. The van der Waals surface area contributed by atoms with Crippen LogP contribution in [0, 0.1) is 0 Å². The minimum Gasteiger partial charge on any atom is -0.406 e. The molecule has 3 aromatic rings. The van der Waals surface area contributed by atoms with Crippen LogP contribution in [0.15, 0.2) is 48.8 Å². The van der Waals surface area contributed by atoms with Crippen molar-refractivity contribution in [3.05, 3.63) is 59.9 Å². The van der Waals surface area contributed by atoms with E-state index in [1.165, 1.54) is 17.7 Å². The number of amides is 1. The highest BCUT2D eigenvalue weighted by Gasteiger charge is 2.31. The summed E-state index contributed by atoms with van der Waals surface area (Å²) >= 11 is 0. The molecule has 2 aromatic heterocycles. The number of hydrogen-bond donors (Lipinski definition) is 1. The van der Waals surface area contributed by atoms with Crippen LogP contribution in [0.1, 0.15) is 34.7 Å². The average Bonchev–Trinajstić information content (AvgIpc) is 3.11. The summed E-state index contributed by atoms with van der Waals surface area (Å²) in [6.07, 6.45) is 0.630. The maximum absolute atomic E-state index is 12.6. The topological polar surface area (TPSA) is 58.2 Å². The number of carbonyl (C=O) groups is 1. The summed E-state index contributed by atoms with van der Waals surface area (Å²) in [6.45, 7) is 1.19. The van der Waals surface area contributed by atoms with Crippen LogP contribution in [0.25, 0.3) is 11.0 Å². The van der Waals surface area contributed by atoms with Gasteiger partial charge in [0.25, 0.3) is 5.91 Å². The average molecular weight is 389 g/mol. The zero-order valence-corrected chi connectivity index (χ0v) is 14.9. The van der Waals surface area contributed by atoms with Gasteiger partial charge in [0, 0.05) is 36.4 Å². The molecule has 0 aliphatic carbocycles. The maximum Gasteiger partial charge on any atom is 0.573 e. The van der Waals surface area contributed by atoms with Crippen molar-refractivity contribution in [2.24, 2.45) is 0 Å². The van der Waals surface area contributed by atoms with Crippen LogP contribution in [0.4, 0.5) is 13.2 Å². The van der Waals surface area contributed by atoms with E-state index in [1.54, 1.807) is 11.1 Å². The molecule has 1 N–H and O–H groups in total.